The molecule has 3 aromatic rings. The molecule has 0 unspecified atom stereocenters. The molecule has 0 fully saturated rings. The van der Waals surface area contributed by atoms with E-state index in [1.807, 2.05) is 30.3 Å². The van der Waals surface area contributed by atoms with E-state index >= 15 is 0 Å². The van der Waals surface area contributed by atoms with Gasteiger partial charge in [-0.15, -0.1) is 0 Å². The Balaban J connectivity index is 1.42. The predicted molar refractivity (Wildman–Crippen MR) is 137 cm³/mol. The molecule has 0 atom stereocenters. The number of non-ortho nitro benzene ring substituents is 1. The van der Waals surface area contributed by atoms with Crippen molar-refractivity contribution >= 4 is 46.2 Å². The van der Waals surface area contributed by atoms with E-state index in [-0.39, 0.29) is 17.0 Å². The van der Waals surface area contributed by atoms with Gasteiger partial charge in [-0.2, -0.15) is 5.10 Å². The maximum Gasteiger partial charge on any atom is 0.305 e. The first-order valence-corrected chi connectivity index (χ1v) is 11.4. The second-order valence-electron chi connectivity index (χ2n) is 7.91. The van der Waals surface area contributed by atoms with Gasteiger partial charge in [-0.05, 0) is 56.2 Å². The minimum Gasteiger partial charge on any atom is -0.455 e. The molecule has 1 heterocycles. The van der Waals surface area contributed by atoms with E-state index in [1.165, 1.54) is 24.3 Å². The monoisotopic (exact) mass is 506 g/mol. The van der Waals surface area contributed by atoms with Crippen LogP contribution in [0.3, 0.4) is 0 Å². The molecule has 0 spiro atoms. The van der Waals surface area contributed by atoms with Crippen molar-refractivity contribution in [2.45, 2.75) is 26.2 Å². The number of hydrogen-bond acceptors (Lipinski definition) is 7. The van der Waals surface area contributed by atoms with Crippen LogP contribution in [0, 0.1) is 17.0 Å². The Labute approximate surface area is 211 Å². The van der Waals surface area contributed by atoms with Gasteiger partial charge in [0, 0.05) is 40.9 Å². The Morgan fingerprint density at radius 3 is 2.42 bits per heavy atom. The number of nitro groups is 1. The zero-order valence-corrected chi connectivity index (χ0v) is 20.0. The molecule has 4 rings (SSSR count). The number of carbonyl (C=O) groups is 2. The van der Waals surface area contributed by atoms with Gasteiger partial charge in [-0.25, -0.2) is 0 Å². The molecule has 1 aliphatic rings. The van der Waals surface area contributed by atoms with Gasteiger partial charge in [0.05, 0.1) is 10.6 Å². The highest BCUT2D eigenvalue weighted by Crippen LogP contribution is 2.29. The summed E-state index contributed by atoms with van der Waals surface area (Å²) in [5, 5.41) is 18.6. The molecular weight excluding hydrogens is 484 g/mol. The fourth-order valence-electron chi connectivity index (χ4n) is 3.77. The van der Waals surface area contributed by atoms with Crippen molar-refractivity contribution in [1.82, 2.24) is 16.3 Å². The molecular formula is C24H22N6O5S. The van der Waals surface area contributed by atoms with Crippen molar-refractivity contribution in [3.63, 3.8) is 0 Å². The maximum atomic E-state index is 12.7. The number of nitrogens with zero attached hydrogens (tertiary/aromatic N) is 2. The molecule has 2 amide bonds. The topological polar surface area (TPSA) is 151 Å². The Morgan fingerprint density at radius 2 is 1.72 bits per heavy atom. The number of aryl methyl sites for hydroxylation is 1. The normalized spacial score (nSPS) is 13.4. The van der Waals surface area contributed by atoms with Crippen molar-refractivity contribution in [2.24, 2.45) is 5.10 Å². The first-order chi connectivity index (χ1) is 17.3. The second-order valence-corrected chi connectivity index (χ2v) is 8.32. The summed E-state index contributed by atoms with van der Waals surface area (Å²) < 4.78 is 5.82. The quantitative estimate of drug-likeness (QED) is 0.233. The van der Waals surface area contributed by atoms with E-state index in [1.54, 1.807) is 6.92 Å². The lowest BCUT2D eigenvalue weighted by Crippen LogP contribution is -2.41. The van der Waals surface area contributed by atoms with Gasteiger partial charge in [-0.1, -0.05) is 18.2 Å². The highest BCUT2D eigenvalue weighted by molar-refractivity contribution is 7.80. The highest BCUT2D eigenvalue weighted by atomic mass is 32.1. The van der Waals surface area contributed by atoms with Gasteiger partial charge in [0.2, 0.25) is 0 Å². The van der Waals surface area contributed by atoms with Crippen molar-refractivity contribution in [3.05, 3.63) is 92.9 Å². The Morgan fingerprint density at radius 1 is 1.03 bits per heavy atom. The molecule has 0 saturated carbocycles. The van der Waals surface area contributed by atoms with Crippen LogP contribution in [0.4, 0.5) is 11.4 Å². The zero-order valence-electron chi connectivity index (χ0n) is 19.2. The summed E-state index contributed by atoms with van der Waals surface area (Å²) in [6.07, 6.45) is 2.11. The number of hydrazone groups is 1. The lowest BCUT2D eigenvalue weighted by Gasteiger charge is -2.14. The largest absolute Gasteiger partial charge is 0.455 e. The number of nitro benzene ring substituents is 1. The fraction of sp³-hybridized carbons (Fsp3) is 0.167. The summed E-state index contributed by atoms with van der Waals surface area (Å²) in [7, 11) is 0. The number of benzene rings is 2. The number of para-hydroxylation sites is 1. The number of carbonyl (C=O) groups excluding carboxylic acids is 2. The lowest BCUT2D eigenvalue weighted by molar-refractivity contribution is -0.384. The van der Waals surface area contributed by atoms with Crippen molar-refractivity contribution in [3.8, 4) is 0 Å². The van der Waals surface area contributed by atoms with Crippen LogP contribution in [-0.4, -0.2) is 27.6 Å². The van der Waals surface area contributed by atoms with Gasteiger partial charge in [0.15, 0.2) is 10.9 Å². The van der Waals surface area contributed by atoms with Crippen molar-refractivity contribution < 1.29 is 18.9 Å². The number of furan rings is 1. The molecule has 11 nitrogen and oxygen atoms in total. The van der Waals surface area contributed by atoms with Crippen LogP contribution < -0.4 is 21.6 Å². The minimum atomic E-state index is -0.634. The third-order valence-electron chi connectivity index (χ3n) is 5.49. The van der Waals surface area contributed by atoms with Crippen molar-refractivity contribution in [1.29, 1.82) is 0 Å². The van der Waals surface area contributed by atoms with Crippen LogP contribution >= 0.6 is 12.2 Å². The summed E-state index contributed by atoms with van der Waals surface area (Å²) in [6, 6.07) is 14.4. The highest BCUT2D eigenvalue weighted by Gasteiger charge is 2.28. The first-order valence-electron chi connectivity index (χ1n) is 11.0. The average Bonchev–Trinajstić information content (AvgIpc) is 3.23. The minimum absolute atomic E-state index is 0.0589. The Hall–Kier alpha value is -4.58. The first kappa shape index (κ1) is 24.5. The fourth-order valence-corrected chi connectivity index (χ4v) is 3.94. The number of hydrogen-bond donors (Lipinski definition) is 4. The standard InChI is InChI=1S/C24H22N6O5S/c1-14-20-18(26-29-24(36)25-16-6-3-2-4-7-16)8-5-9-19(20)35-21(14)23(32)28-27-22(31)15-10-12-17(13-11-15)30(33)34/h2-4,6-7,10-13H,5,8-9H2,1H3,(H,27,31)(H,28,32)(H2,25,29,36)/b26-18+. The van der Waals surface area contributed by atoms with Crippen LogP contribution in [0.15, 0.2) is 64.1 Å². The van der Waals surface area contributed by atoms with E-state index in [2.05, 4.69) is 26.7 Å². The second kappa shape index (κ2) is 10.8. The lowest BCUT2D eigenvalue weighted by atomic mass is 9.93. The third-order valence-corrected chi connectivity index (χ3v) is 5.68. The Kier molecular flexibility index (Phi) is 7.35. The molecule has 0 aliphatic heterocycles. The molecule has 12 heteroatoms. The molecule has 0 saturated heterocycles. The van der Waals surface area contributed by atoms with Crippen LogP contribution in [0.1, 0.15) is 50.6 Å². The molecule has 0 bridgehead atoms. The maximum absolute atomic E-state index is 12.7. The third kappa shape index (κ3) is 5.55. The molecule has 184 valence electrons. The van der Waals surface area contributed by atoms with Gasteiger partial charge < -0.3 is 9.73 Å². The number of amides is 2. The SMILES string of the molecule is Cc1c(C(=O)NNC(=O)c2ccc([N+](=O)[O-])cc2)oc2c1/C(=N/NC(=S)Nc1ccccc1)CCC2. The predicted octanol–water partition coefficient (Wildman–Crippen LogP) is 3.60. The molecule has 1 aliphatic carbocycles. The summed E-state index contributed by atoms with van der Waals surface area (Å²) in [5.74, 6) is -0.569. The van der Waals surface area contributed by atoms with Gasteiger partial charge in [0.25, 0.3) is 11.6 Å². The van der Waals surface area contributed by atoms with E-state index in [0.29, 0.717) is 35.0 Å². The van der Waals surface area contributed by atoms with Gasteiger partial charge >= 0.3 is 5.91 Å². The molecule has 1 aromatic heterocycles. The van der Waals surface area contributed by atoms with Crippen molar-refractivity contribution in [2.75, 3.05) is 5.32 Å². The van der Waals surface area contributed by atoms with Crippen LogP contribution in [0.2, 0.25) is 0 Å². The number of hydrazine groups is 1. The molecule has 4 N–H and O–H groups in total. The number of anilines is 1. The van der Waals surface area contributed by atoms with E-state index in [4.69, 9.17) is 16.6 Å². The number of nitrogens with one attached hydrogen (secondary N) is 4. The average molecular weight is 507 g/mol. The number of rotatable bonds is 5. The Bertz CT molecular complexity index is 1350. The summed E-state index contributed by atoms with van der Waals surface area (Å²) in [4.78, 5) is 35.2. The smallest absolute Gasteiger partial charge is 0.305 e. The van der Waals surface area contributed by atoms with Crippen LogP contribution in [0.25, 0.3) is 0 Å². The summed E-state index contributed by atoms with van der Waals surface area (Å²) in [5.41, 5.74) is 10.3. The molecule has 2 aromatic carbocycles. The zero-order chi connectivity index (χ0) is 25.7. The molecule has 0 radical (unpaired) electrons. The number of thiocarbonyl (C=S) groups is 1. The van der Waals surface area contributed by atoms with Gasteiger partial charge in [0.1, 0.15) is 5.76 Å². The number of fused-ring (bicyclic) bond motifs is 1. The van der Waals surface area contributed by atoms with E-state index in [0.717, 1.165) is 17.7 Å². The van der Waals surface area contributed by atoms with Crippen LogP contribution in [0.5, 0.6) is 0 Å². The summed E-state index contributed by atoms with van der Waals surface area (Å²) in [6.45, 7) is 1.75. The van der Waals surface area contributed by atoms with E-state index < -0.39 is 16.7 Å². The van der Waals surface area contributed by atoms with Gasteiger partial charge in [-0.3, -0.25) is 36.0 Å². The van der Waals surface area contributed by atoms with E-state index in [9.17, 15) is 19.7 Å². The molecule has 36 heavy (non-hydrogen) atoms. The van der Waals surface area contributed by atoms with Crippen LogP contribution in [-0.2, 0) is 6.42 Å². The summed E-state index contributed by atoms with van der Waals surface area (Å²) >= 11 is 5.31.